The first-order chi connectivity index (χ1) is 10.5. The lowest BCUT2D eigenvalue weighted by molar-refractivity contribution is -0.204. The number of alkyl halides is 3. The monoisotopic (exact) mass is 330 g/mol. The molecule has 0 aliphatic carbocycles. The maximum Gasteiger partial charge on any atom is 0.410 e. The van der Waals surface area contributed by atoms with Crippen LogP contribution in [0.3, 0.4) is 0 Å². The molecule has 1 aromatic carbocycles. The molecule has 1 amide bonds. The number of hydrogen-bond acceptors (Lipinski definition) is 3. The minimum absolute atomic E-state index is 0.00673. The zero-order valence-corrected chi connectivity index (χ0v) is 13.6. The van der Waals surface area contributed by atoms with Crippen LogP contribution in [0.15, 0.2) is 24.3 Å². The molecular weight excluding hydrogens is 309 g/mol. The molecule has 1 fully saturated rings. The molecule has 1 atom stereocenters. The zero-order valence-electron chi connectivity index (χ0n) is 13.6. The third-order valence-corrected chi connectivity index (χ3v) is 3.63. The summed E-state index contributed by atoms with van der Waals surface area (Å²) < 4.78 is 46.9. The average molecular weight is 330 g/mol. The van der Waals surface area contributed by atoms with Gasteiger partial charge in [0, 0.05) is 17.5 Å². The van der Waals surface area contributed by atoms with Gasteiger partial charge in [-0.05, 0) is 33.8 Å². The molecule has 1 aromatic rings. The first-order valence-corrected chi connectivity index (χ1v) is 7.43. The Kier molecular flexibility index (Phi) is 4.61. The molecule has 1 aliphatic heterocycles. The minimum atomic E-state index is -4.56. The second-order valence-electron chi connectivity index (χ2n) is 6.54. The van der Waals surface area contributed by atoms with Crippen LogP contribution in [0.2, 0.25) is 0 Å². The van der Waals surface area contributed by atoms with Crippen molar-refractivity contribution >= 4 is 5.91 Å². The van der Waals surface area contributed by atoms with E-state index in [4.69, 9.17) is 4.74 Å². The minimum Gasteiger partial charge on any atom is -0.491 e. The predicted molar refractivity (Wildman–Crippen MR) is 79.7 cm³/mol. The van der Waals surface area contributed by atoms with Crippen molar-refractivity contribution in [3.8, 4) is 5.75 Å². The molecule has 128 valence electrons. The van der Waals surface area contributed by atoms with Crippen molar-refractivity contribution in [3.05, 3.63) is 29.8 Å². The Labute approximate surface area is 133 Å². The molecule has 0 unspecified atom stereocenters. The first-order valence-electron chi connectivity index (χ1n) is 7.43. The lowest BCUT2D eigenvalue weighted by atomic mass is 9.96. The summed E-state index contributed by atoms with van der Waals surface area (Å²) in [5.74, 6) is -0.256. The van der Waals surface area contributed by atoms with E-state index in [0.717, 1.165) is 5.01 Å². The van der Waals surface area contributed by atoms with Crippen molar-refractivity contribution in [1.29, 1.82) is 0 Å². The van der Waals surface area contributed by atoms with Crippen LogP contribution in [-0.4, -0.2) is 28.7 Å². The summed E-state index contributed by atoms with van der Waals surface area (Å²) in [6.45, 7) is 6.72. The predicted octanol–water partition coefficient (Wildman–Crippen LogP) is 3.59. The second-order valence-corrected chi connectivity index (χ2v) is 6.54. The molecule has 4 nitrogen and oxygen atoms in total. The van der Waals surface area contributed by atoms with Gasteiger partial charge in [-0.2, -0.15) is 18.2 Å². The third kappa shape index (κ3) is 3.77. The SMILES string of the molecule is CC(C)Oc1ccccc1[C@H](N1NC(=O)CC1(C)C)C(F)(F)F. The highest BCUT2D eigenvalue weighted by atomic mass is 19.4. The highest BCUT2D eigenvalue weighted by Crippen LogP contribution is 2.45. The highest BCUT2D eigenvalue weighted by molar-refractivity contribution is 5.79. The van der Waals surface area contributed by atoms with Gasteiger partial charge < -0.3 is 4.74 Å². The number of carbonyl (C=O) groups excluding carboxylic acids is 1. The Morgan fingerprint density at radius 1 is 1.26 bits per heavy atom. The van der Waals surface area contributed by atoms with Crippen LogP contribution >= 0.6 is 0 Å². The van der Waals surface area contributed by atoms with Crippen LogP contribution in [0, 0.1) is 0 Å². The summed E-state index contributed by atoms with van der Waals surface area (Å²) in [5.41, 5.74) is 1.38. The fourth-order valence-corrected chi connectivity index (χ4v) is 2.75. The van der Waals surface area contributed by atoms with Gasteiger partial charge in [0.1, 0.15) is 5.75 Å². The van der Waals surface area contributed by atoms with Gasteiger partial charge in [0.15, 0.2) is 6.04 Å². The van der Waals surface area contributed by atoms with Gasteiger partial charge in [0.25, 0.3) is 0 Å². The van der Waals surface area contributed by atoms with Crippen LogP contribution < -0.4 is 10.2 Å². The van der Waals surface area contributed by atoms with Gasteiger partial charge in [-0.3, -0.25) is 10.2 Å². The van der Waals surface area contributed by atoms with Crippen LogP contribution in [0.4, 0.5) is 13.2 Å². The first kappa shape index (κ1) is 17.6. The van der Waals surface area contributed by atoms with E-state index in [1.165, 1.54) is 18.2 Å². The number of para-hydroxylation sites is 1. The van der Waals surface area contributed by atoms with E-state index >= 15 is 0 Å². The summed E-state index contributed by atoms with van der Waals surface area (Å²) in [7, 11) is 0. The summed E-state index contributed by atoms with van der Waals surface area (Å²) in [6, 6.07) is 4.09. The van der Waals surface area contributed by atoms with Crippen LogP contribution in [0.5, 0.6) is 5.75 Å². The number of nitrogens with zero attached hydrogens (tertiary/aromatic N) is 1. The maximum atomic E-state index is 13.8. The molecule has 0 radical (unpaired) electrons. The van der Waals surface area contributed by atoms with Crippen LogP contribution in [0.25, 0.3) is 0 Å². The third-order valence-electron chi connectivity index (χ3n) is 3.63. The van der Waals surface area contributed by atoms with E-state index in [0.29, 0.717) is 0 Å². The normalized spacial score (nSPS) is 19.7. The average Bonchev–Trinajstić information content (AvgIpc) is 2.62. The van der Waals surface area contributed by atoms with E-state index in [2.05, 4.69) is 5.43 Å². The van der Waals surface area contributed by atoms with E-state index in [1.807, 2.05) is 0 Å². The fraction of sp³-hybridized carbons (Fsp3) is 0.562. The zero-order chi connectivity index (χ0) is 17.4. The molecule has 1 saturated heterocycles. The number of hydrogen-bond donors (Lipinski definition) is 1. The van der Waals surface area contributed by atoms with Gasteiger partial charge >= 0.3 is 6.18 Å². The van der Waals surface area contributed by atoms with E-state index in [1.54, 1.807) is 33.8 Å². The number of halogens is 3. The molecule has 0 aromatic heterocycles. The molecule has 0 spiro atoms. The van der Waals surface area contributed by atoms with Gasteiger partial charge in [-0.15, -0.1) is 0 Å². The summed E-state index contributed by atoms with van der Waals surface area (Å²) in [4.78, 5) is 11.6. The summed E-state index contributed by atoms with van der Waals surface area (Å²) >= 11 is 0. The molecule has 7 heteroatoms. The topological polar surface area (TPSA) is 41.6 Å². The van der Waals surface area contributed by atoms with Crippen molar-refractivity contribution < 1.29 is 22.7 Å². The number of amides is 1. The number of carbonyl (C=O) groups is 1. The number of ether oxygens (including phenoxy) is 1. The van der Waals surface area contributed by atoms with E-state index in [-0.39, 0.29) is 23.8 Å². The molecule has 0 saturated carbocycles. The van der Waals surface area contributed by atoms with Crippen molar-refractivity contribution in [2.24, 2.45) is 0 Å². The Hall–Kier alpha value is -1.76. The van der Waals surface area contributed by atoms with Gasteiger partial charge in [0.05, 0.1) is 6.10 Å². The maximum absolute atomic E-state index is 13.8. The van der Waals surface area contributed by atoms with E-state index in [9.17, 15) is 18.0 Å². The lowest BCUT2D eigenvalue weighted by Crippen LogP contribution is -2.51. The second kappa shape index (κ2) is 6.03. The number of hydrazine groups is 1. The smallest absolute Gasteiger partial charge is 0.410 e. The van der Waals surface area contributed by atoms with E-state index < -0.39 is 23.7 Å². The number of benzene rings is 1. The van der Waals surface area contributed by atoms with Gasteiger partial charge in [0.2, 0.25) is 5.91 Å². The number of rotatable bonds is 4. The van der Waals surface area contributed by atoms with Crippen LogP contribution in [0.1, 0.15) is 45.7 Å². The van der Waals surface area contributed by atoms with Gasteiger partial charge in [-0.25, -0.2) is 0 Å². The van der Waals surface area contributed by atoms with Crippen LogP contribution in [-0.2, 0) is 4.79 Å². The standard InChI is InChI=1S/C16H21F3N2O2/c1-10(2)23-12-8-6-5-7-11(12)14(16(17,18)19)21-15(3,4)9-13(22)20-21/h5-8,10,14H,9H2,1-4H3,(H,20,22)/t14-/m0/s1. The van der Waals surface area contributed by atoms with Crippen molar-refractivity contribution in [2.75, 3.05) is 0 Å². The Morgan fingerprint density at radius 3 is 2.35 bits per heavy atom. The summed E-state index contributed by atoms with van der Waals surface area (Å²) in [6.07, 6.45) is -4.82. The van der Waals surface area contributed by atoms with Crippen molar-refractivity contribution in [3.63, 3.8) is 0 Å². The molecular formula is C16H21F3N2O2. The largest absolute Gasteiger partial charge is 0.491 e. The van der Waals surface area contributed by atoms with Gasteiger partial charge in [-0.1, -0.05) is 18.2 Å². The molecule has 2 rings (SSSR count). The molecule has 1 aliphatic rings. The van der Waals surface area contributed by atoms with Crippen molar-refractivity contribution in [2.45, 2.75) is 58.0 Å². The Bertz CT molecular complexity index is 585. The Balaban J connectivity index is 2.51. The lowest BCUT2D eigenvalue weighted by Gasteiger charge is -2.38. The molecule has 23 heavy (non-hydrogen) atoms. The van der Waals surface area contributed by atoms with Crippen molar-refractivity contribution in [1.82, 2.24) is 10.4 Å². The fourth-order valence-electron chi connectivity index (χ4n) is 2.75. The Morgan fingerprint density at radius 2 is 1.87 bits per heavy atom. The quantitative estimate of drug-likeness (QED) is 0.917. The number of nitrogens with one attached hydrogen (secondary N) is 1. The molecule has 1 heterocycles. The molecule has 0 bridgehead atoms. The highest BCUT2D eigenvalue weighted by Gasteiger charge is 2.53. The summed E-state index contributed by atoms with van der Waals surface area (Å²) in [5, 5.41) is 0.984. The molecule has 1 N–H and O–H groups in total.